The number of ether oxygens (including phenoxy) is 2. The molecule has 1 fully saturated rings. The smallest absolute Gasteiger partial charge is 0.243 e. The van der Waals surface area contributed by atoms with Crippen LogP contribution in [0.25, 0.3) is 0 Å². The summed E-state index contributed by atoms with van der Waals surface area (Å²) in [5, 5.41) is 0. The molecule has 2 aromatic carbocycles. The van der Waals surface area contributed by atoms with Crippen LogP contribution in [-0.4, -0.2) is 56.9 Å². The molecule has 1 saturated heterocycles. The van der Waals surface area contributed by atoms with Crippen molar-refractivity contribution < 1.29 is 22.7 Å². The van der Waals surface area contributed by atoms with Crippen molar-refractivity contribution in [1.29, 1.82) is 0 Å². The lowest BCUT2D eigenvalue weighted by Gasteiger charge is -2.32. The van der Waals surface area contributed by atoms with Gasteiger partial charge in [-0.05, 0) is 43.0 Å². The van der Waals surface area contributed by atoms with Crippen LogP contribution in [0.5, 0.6) is 11.5 Å². The molecule has 2 aliphatic heterocycles. The number of carbonyl (C=O) groups excluding carboxylic acids is 1. The molecule has 4 rings (SSSR count). The van der Waals surface area contributed by atoms with Crippen molar-refractivity contribution in [1.82, 2.24) is 9.21 Å². The minimum absolute atomic E-state index is 0.0703. The lowest BCUT2D eigenvalue weighted by molar-refractivity contribution is -0.135. The Kier molecular flexibility index (Phi) is 6.71. The zero-order chi connectivity index (χ0) is 22.7. The van der Waals surface area contributed by atoms with E-state index < -0.39 is 10.0 Å². The van der Waals surface area contributed by atoms with Gasteiger partial charge in [-0.2, -0.15) is 4.31 Å². The van der Waals surface area contributed by atoms with Crippen LogP contribution in [-0.2, 0) is 21.4 Å². The molecule has 0 atom stereocenters. The highest BCUT2D eigenvalue weighted by atomic mass is 32.2. The highest BCUT2D eigenvalue weighted by molar-refractivity contribution is 7.89. The molecular weight excluding hydrogens is 428 g/mol. The molecule has 2 aromatic rings. The first kappa shape index (κ1) is 22.6. The van der Waals surface area contributed by atoms with Gasteiger partial charge in [0.1, 0.15) is 0 Å². The Hall–Kier alpha value is -2.58. The first-order chi connectivity index (χ1) is 15.4. The maximum atomic E-state index is 13.2. The van der Waals surface area contributed by atoms with E-state index in [1.165, 1.54) is 4.31 Å². The first-order valence-corrected chi connectivity index (χ1v) is 12.5. The Bertz CT molecular complexity index is 1080. The van der Waals surface area contributed by atoms with Gasteiger partial charge in [0.25, 0.3) is 0 Å². The van der Waals surface area contributed by atoms with Gasteiger partial charge in [0, 0.05) is 45.1 Å². The number of fused-ring (bicyclic) bond motifs is 1. The van der Waals surface area contributed by atoms with Gasteiger partial charge in [0.15, 0.2) is 11.5 Å². The highest BCUT2D eigenvalue weighted by Crippen LogP contribution is 2.34. The molecule has 2 heterocycles. The lowest BCUT2D eigenvalue weighted by Crippen LogP contribution is -2.43. The van der Waals surface area contributed by atoms with E-state index in [1.807, 2.05) is 38.2 Å². The summed E-state index contributed by atoms with van der Waals surface area (Å²) in [6, 6.07) is 12.8. The van der Waals surface area contributed by atoms with Crippen molar-refractivity contribution in [3.8, 4) is 11.5 Å². The second kappa shape index (κ2) is 9.50. The van der Waals surface area contributed by atoms with Crippen LogP contribution in [0.15, 0.2) is 47.4 Å². The Morgan fingerprint density at radius 1 is 1.06 bits per heavy atom. The van der Waals surface area contributed by atoms with Crippen LogP contribution in [0, 0.1) is 12.8 Å². The summed E-state index contributed by atoms with van der Waals surface area (Å²) in [7, 11) is -1.84. The third-order valence-corrected chi connectivity index (χ3v) is 8.10. The fourth-order valence-corrected chi connectivity index (χ4v) is 5.71. The zero-order valence-electron chi connectivity index (χ0n) is 18.6. The summed E-state index contributed by atoms with van der Waals surface area (Å²) in [4.78, 5) is 14.9. The molecule has 0 aliphatic carbocycles. The van der Waals surface area contributed by atoms with Crippen LogP contribution in [0.3, 0.4) is 0 Å². The van der Waals surface area contributed by atoms with E-state index in [4.69, 9.17) is 9.47 Å². The molecule has 8 heteroatoms. The van der Waals surface area contributed by atoms with Crippen molar-refractivity contribution in [2.45, 2.75) is 37.6 Å². The topological polar surface area (TPSA) is 76.2 Å². The molecule has 32 heavy (non-hydrogen) atoms. The number of nitrogens with zero attached hydrogens (tertiary/aromatic N) is 2. The summed E-state index contributed by atoms with van der Waals surface area (Å²) < 4.78 is 39.1. The van der Waals surface area contributed by atoms with Crippen LogP contribution in [0.1, 0.15) is 30.4 Å². The molecular formula is C24H30N2O5S. The summed E-state index contributed by atoms with van der Waals surface area (Å²) >= 11 is 0. The van der Waals surface area contributed by atoms with E-state index in [9.17, 15) is 13.2 Å². The van der Waals surface area contributed by atoms with E-state index in [2.05, 4.69) is 0 Å². The van der Waals surface area contributed by atoms with E-state index in [0.717, 1.165) is 17.5 Å². The number of piperidine rings is 1. The molecule has 0 aromatic heterocycles. The van der Waals surface area contributed by atoms with Crippen molar-refractivity contribution in [3.05, 3.63) is 53.6 Å². The third-order valence-electron chi connectivity index (χ3n) is 6.20. The Morgan fingerprint density at radius 3 is 2.47 bits per heavy atom. The van der Waals surface area contributed by atoms with Gasteiger partial charge in [-0.3, -0.25) is 4.79 Å². The molecule has 0 radical (unpaired) electrons. The van der Waals surface area contributed by atoms with Crippen LogP contribution in [0.4, 0.5) is 0 Å². The fraction of sp³-hybridized carbons (Fsp3) is 0.458. The number of amides is 1. The monoisotopic (exact) mass is 458 g/mol. The number of aryl methyl sites for hydroxylation is 1. The van der Waals surface area contributed by atoms with E-state index in [-0.39, 0.29) is 16.7 Å². The Balaban J connectivity index is 1.39. The second-order valence-corrected chi connectivity index (χ2v) is 10.4. The maximum absolute atomic E-state index is 13.2. The number of rotatable bonds is 5. The predicted molar refractivity (Wildman–Crippen MR) is 121 cm³/mol. The maximum Gasteiger partial charge on any atom is 0.243 e. The summed E-state index contributed by atoms with van der Waals surface area (Å²) in [6.45, 7) is 4.30. The van der Waals surface area contributed by atoms with Crippen molar-refractivity contribution >= 4 is 15.9 Å². The minimum atomic E-state index is -3.66. The number of hydrogen-bond acceptors (Lipinski definition) is 5. The average molecular weight is 459 g/mol. The molecule has 0 N–H and O–H groups in total. The quantitative estimate of drug-likeness (QED) is 0.688. The molecule has 0 spiro atoms. The molecule has 0 bridgehead atoms. The number of carbonyl (C=O) groups is 1. The molecule has 0 unspecified atom stereocenters. The number of hydrogen-bond donors (Lipinski definition) is 0. The second-order valence-electron chi connectivity index (χ2n) is 8.46. The largest absolute Gasteiger partial charge is 0.490 e. The Morgan fingerprint density at radius 2 is 1.75 bits per heavy atom. The summed E-state index contributed by atoms with van der Waals surface area (Å²) in [5.41, 5.74) is 2.28. The lowest BCUT2D eigenvalue weighted by atomic mass is 9.96. The normalized spacial score (nSPS) is 17.6. The van der Waals surface area contributed by atoms with Gasteiger partial charge in [-0.25, -0.2) is 8.42 Å². The minimum Gasteiger partial charge on any atom is -0.490 e. The van der Waals surface area contributed by atoms with Gasteiger partial charge < -0.3 is 14.4 Å². The summed E-state index contributed by atoms with van der Waals surface area (Å²) in [6.07, 6.45) is 1.79. The number of sulfonamides is 1. The standard InChI is InChI=1S/C24H30N2O5S/c1-18-6-3-4-7-20(18)17-25(2)24(27)19-10-12-26(13-11-19)32(28,29)21-8-9-22-23(16-21)31-15-5-14-30-22/h3-4,6-9,16,19H,5,10-15,17H2,1-2H3. The first-order valence-electron chi connectivity index (χ1n) is 11.1. The summed E-state index contributed by atoms with van der Waals surface area (Å²) in [5.74, 6) is 0.939. The predicted octanol–water partition coefficient (Wildman–Crippen LogP) is 3.22. The molecule has 7 nitrogen and oxygen atoms in total. The van der Waals surface area contributed by atoms with Crippen molar-refractivity contribution in [2.24, 2.45) is 5.92 Å². The van der Waals surface area contributed by atoms with E-state index >= 15 is 0 Å². The van der Waals surface area contributed by atoms with Gasteiger partial charge in [-0.1, -0.05) is 24.3 Å². The SMILES string of the molecule is Cc1ccccc1CN(C)C(=O)C1CCN(S(=O)(=O)c2ccc3c(c2)OCCCO3)CC1. The molecule has 1 amide bonds. The van der Waals surface area contributed by atoms with Crippen LogP contribution in [0.2, 0.25) is 0 Å². The third kappa shape index (κ3) is 4.76. The van der Waals surface area contributed by atoms with Crippen molar-refractivity contribution in [3.63, 3.8) is 0 Å². The highest BCUT2D eigenvalue weighted by Gasteiger charge is 2.33. The number of benzene rings is 2. The van der Waals surface area contributed by atoms with E-state index in [0.29, 0.717) is 57.2 Å². The molecule has 0 saturated carbocycles. The van der Waals surface area contributed by atoms with Crippen LogP contribution < -0.4 is 9.47 Å². The molecule has 2 aliphatic rings. The van der Waals surface area contributed by atoms with Gasteiger partial charge >= 0.3 is 0 Å². The fourth-order valence-electron chi connectivity index (χ4n) is 4.23. The average Bonchev–Trinajstić information content (AvgIpc) is 3.05. The zero-order valence-corrected chi connectivity index (χ0v) is 19.4. The van der Waals surface area contributed by atoms with Crippen LogP contribution >= 0.6 is 0 Å². The molecule has 172 valence electrons. The van der Waals surface area contributed by atoms with Crippen molar-refractivity contribution in [2.75, 3.05) is 33.4 Å². The Labute approximate surface area is 190 Å². The van der Waals surface area contributed by atoms with E-state index in [1.54, 1.807) is 23.1 Å². The van der Waals surface area contributed by atoms with Gasteiger partial charge in [0.05, 0.1) is 18.1 Å². The van der Waals surface area contributed by atoms with Gasteiger partial charge in [-0.15, -0.1) is 0 Å². The van der Waals surface area contributed by atoms with Gasteiger partial charge in [0.2, 0.25) is 15.9 Å².